The number of nitrogens with one attached hydrogen (secondary N) is 2. The zero-order chi connectivity index (χ0) is 18.3. The first-order valence-electron chi connectivity index (χ1n) is 9.56. The van der Waals surface area contributed by atoms with Gasteiger partial charge in [0.25, 0.3) is 0 Å². The topological polar surface area (TPSA) is 52.5 Å². The molecule has 2 heterocycles. The molecule has 0 bridgehead atoms. The molecule has 1 aliphatic rings. The molecule has 1 saturated heterocycles. The minimum absolute atomic E-state index is 0. The third kappa shape index (κ3) is 7.68. The molecule has 1 aromatic heterocycles. The van der Waals surface area contributed by atoms with Gasteiger partial charge in [-0.2, -0.15) is 0 Å². The van der Waals surface area contributed by atoms with Gasteiger partial charge in [0.15, 0.2) is 5.96 Å². The summed E-state index contributed by atoms with van der Waals surface area (Å²) in [6.45, 7) is 13.2. The minimum Gasteiger partial charge on any atom is -0.354 e. The smallest absolute Gasteiger partial charge is 0.191 e. The molecule has 1 aliphatic heterocycles. The lowest BCUT2D eigenvalue weighted by atomic mass is 9.93. The number of hydrogen-bond acceptors (Lipinski definition) is 4. The van der Waals surface area contributed by atoms with Gasteiger partial charge in [0.1, 0.15) is 5.01 Å². The number of rotatable bonds is 6. The molecule has 2 N–H and O–H groups in total. The first kappa shape index (κ1) is 23.6. The second-order valence-electron chi connectivity index (χ2n) is 7.92. The Morgan fingerprint density at radius 1 is 1.35 bits per heavy atom. The number of likely N-dealkylation sites (tertiary alicyclic amines) is 1. The lowest BCUT2D eigenvalue weighted by molar-refractivity contribution is 0.203. The van der Waals surface area contributed by atoms with E-state index in [4.69, 9.17) is 4.98 Å². The molecule has 0 unspecified atom stereocenters. The molecule has 7 heteroatoms. The second kappa shape index (κ2) is 11.4. The molecule has 0 aliphatic carbocycles. The van der Waals surface area contributed by atoms with E-state index in [2.05, 4.69) is 53.6 Å². The maximum absolute atomic E-state index is 4.74. The second-order valence-corrected chi connectivity index (χ2v) is 8.86. The van der Waals surface area contributed by atoms with Gasteiger partial charge in [-0.1, -0.05) is 34.1 Å². The van der Waals surface area contributed by atoms with Crippen molar-refractivity contribution in [2.45, 2.75) is 71.4 Å². The number of piperidine rings is 1. The van der Waals surface area contributed by atoms with Gasteiger partial charge in [-0.15, -0.1) is 35.3 Å². The minimum atomic E-state index is 0. The fraction of sp³-hybridized carbons (Fsp3) is 0.789. The molecule has 1 aromatic rings. The molecular formula is C19H36IN5S. The Bertz CT molecular complexity index is 544. The summed E-state index contributed by atoms with van der Waals surface area (Å²) in [5, 5.41) is 10.3. The van der Waals surface area contributed by atoms with Gasteiger partial charge in [-0.25, -0.2) is 4.98 Å². The summed E-state index contributed by atoms with van der Waals surface area (Å²) < 4.78 is 0. The van der Waals surface area contributed by atoms with Crippen LogP contribution in [0.1, 0.15) is 64.1 Å². The van der Waals surface area contributed by atoms with Crippen LogP contribution in [0.25, 0.3) is 0 Å². The van der Waals surface area contributed by atoms with Crippen LogP contribution >= 0.6 is 35.3 Å². The van der Waals surface area contributed by atoms with Crippen LogP contribution in [0.4, 0.5) is 0 Å². The van der Waals surface area contributed by atoms with Crippen LogP contribution < -0.4 is 10.6 Å². The number of aromatic nitrogens is 1. The lowest BCUT2D eigenvalue weighted by Crippen LogP contribution is -2.48. The predicted molar refractivity (Wildman–Crippen MR) is 124 cm³/mol. The molecule has 1 fully saturated rings. The number of hydrogen-bond donors (Lipinski definition) is 2. The van der Waals surface area contributed by atoms with Crippen LogP contribution in [-0.4, -0.2) is 48.6 Å². The number of unbranched alkanes of at least 4 members (excludes halogenated alkanes) is 1. The summed E-state index contributed by atoms with van der Waals surface area (Å²) in [5.41, 5.74) is 1.28. The monoisotopic (exact) mass is 493 g/mol. The fourth-order valence-electron chi connectivity index (χ4n) is 2.97. The molecule has 0 atom stereocenters. The van der Waals surface area contributed by atoms with Crippen LogP contribution in [0, 0.1) is 0 Å². The van der Waals surface area contributed by atoms with Crippen molar-refractivity contribution < 1.29 is 0 Å². The van der Waals surface area contributed by atoms with Crippen molar-refractivity contribution >= 4 is 41.3 Å². The van der Waals surface area contributed by atoms with Gasteiger partial charge in [-0.3, -0.25) is 4.99 Å². The third-order valence-corrected chi connectivity index (χ3v) is 5.56. The fourth-order valence-corrected chi connectivity index (χ4v) is 3.93. The van der Waals surface area contributed by atoms with E-state index in [9.17, 15) is 0 Å². The first-order valence-corrected chi connectivity index (χ1v) is 10.4. The maximum Gasteiger partial charge on any atom is 0.191 e. The Balaban J connectivity index is 0.00000338. The van der Waals surface area contributed by atoms with Crippen molar-refractivity contribution in [2.24, 2.45) is 4.99 Å². The number of guanidine groups is 1. The molecule has 0 saturated carbocycles. The number of halogens is 1. The Morgan fingerprint density at radius 3 is 2.58 bits per heavy atom. The molecular weight excluding hydrogens is 457 g/mol. The van der Waals surface area contributed by atoms with E-state index in [1.54, 1.807) is 11.3 Å². The predicted octanol–water partition coefficient (Wildman–Crippen LogP) is 3.99. The molecule has 2 rings (SSSR count). The third-order valence-electron chi connectivity index (χ3n) is 4.71. The van der Waals surface area contributed by atoms with E-state index in [1.165, 1.54) is 45.3 Å². The Labute approximate surface area is 180 Å². The number of thiazole rings is 1. The SMILES string of the molecule is CCCCN1CCC(NC(=NC)NCc2nc(C(C)(C)C)cs2)CC1.I. The molecule has 150 valence electrons. The highest BCUT2D eigenvalue weighted by Gasteiger charge is 2.20. The Morgan fingerprint density at radius 2 is 2.04 bits per heavy atom. The quantitative estimate of drug-likeness (QED) is 0.358. The van der Waals surface area contributed by atoms with Crippen LogP contribution in [-0.2, 0) is 12.0 Å². The molecule has 0 amide bonds. The summed E-state index contributed by atoms with van der Waals surface area (Å²) in [5.74, 6) is 0.888. The van der Waals surface area contributed by atoms with Gasteiger partial charge in [0.05, 0.1) is 12.2 Å². The molecule has 0 aromatic carbocycles. The largest absolute Gasteiger partial charge is 0.354 e. The van der Waals surface area contributed by atoms with Gasteiger partial charge >= 0.3 is 0 Å². The summed E-state index contributed by atoms with van der Waals surface area (Å²) in [6.07, 6.45) is 4.97. The summed E-state index contributed by atoms with van der Waals surface area (Å²) in [4.78, 5) is 11.7. The van der Waals surface area contributed by atoms with E-state index in [-0.39, 0.29) is 29.4 Å². The summed E-state index contributed by atoms with van der Waals surface area (Å²) in [7, 11) is 1.84. The number of nitrogens with zero attached hydrogens (tertiary/aromatic N) is 3. The van der Waals surface area contributed by atoms with E-state index < -0.39 is 0 Å². The van der Waals surface area contributed by atoms with Gasteiger partial charge < -0.3 is 15.5 Å². The molecule has 26 heavy (non-hydrogen) atoms. The number of aliphatic imine (C=N–C) groups is 1. The van der Waals surface area contributed by atoms with Crippen LogP contribution in [0.3, 0.4) is 0 Å². The van der Waals surface area contributed by atoms with E-state index in [0.717, 1.165) is 23.2 Å². The zero-order valence-corrected chi connectivity index (χ0v) is 20.1. The Hall–Kier alpha value is -0.410. The maximum atomic E-state index is 4.74. The molecule has 5 nitrogen and oxygen atoms in total. The van der Waals surface area contributed by atoms with Crippen molar-refractivity contribution in [3.63, 3.8) is 0 Å². The van der Waals surface area contributed by atoms with Gasteiger partial charge in [0.2, 0.25) is 0 Å². The van der Waals surface area contributed by atoms with Crippen LogP contribution in [0.15, 0.2) is 10.4 Å². The zero-order valence-electron chi connectivity index (χ0n) is 17.0. The van der Waals surface area contributed by atoms with Crippen LogP contribution in [0.5, 0.6) is 0 Å². The highest BCUT2D eigenvalue weighted by atomic mass is 127. The summed E-state index contributed by atoms with van der Waals surface area (Å²) >= 11 is 1.72. The standard InChI is InChI=1S/C19H35N5S.HI/c1-6-7-10-24-11-8-15(9-12-24)22-18(20-5)21-13-17-23-16(14-25-17)19(2,3)4;/h14-15H,6-13H2,1-5H3,(H2,20,21,22);1H. The van der Waals surface area contributed by atoms with Gasteiger partial charge in [0, 0.05) is 37.0 Å². The van der Waals surface area contributed by atoms with Crippen molar-refractivity contribution in [1.82, 2.24) is 20.5 Å². The lowest BCUT2D eigenvalue weighted by Gasteiger charge is -2.33. The summed E-state index contributed by atoms with van der Waals surface area (Å²) in [6, 6.07) is 0.519. The highest BCUT2D eigenvalue weighted by molar-refractivity contribution is 14.0. The van der Waals surface area contributed by atoms with E-state index in [0.29, 0.717) is 6.04 Å². The normalized spacial score (nSPS) is 17.0. The molecule has 0 radical (unpaired) electrons. The van der Waals surface area contributed by atoms with Crippen LogP contribution in [0.2, 0.25) is 0 Å². The van der Waals surface area contributed by atoms with Crippen molar-refractivity contribution in [3.8, 4) is 0 Å². The highest BCUT2D eigenvalue weighted by Crippen LogP contribution is 2.23. The average molecular weight is 494 g/mol. The average Bonchev–Trinajstić information content (AvgIpc) is 3.07. The van der Waals surface area contributed by atoms with Crippen molar-refractivity contribution in [3.05, 3.63) is 16.1 Å². The first-order chi connectivity index (χ1) is 11.9. The Kier molecular flexibility index (Phi) is 10.4. The molecule has 0 spiro atoms. The van der Waals surface area contributed by atoms with Crippen molar-refractivity contribution in [2.75, 3.05) is 26.7 Å². The van der Waals surface area contributed by atoms with E-state index >= 15 is 0 Å². The van der Waals surface area contributed by atoms with Gasteiger partial charge in [-0.05, 0) is 25.8 Å². The van der Waals surface area contributed by atoms with E-state index in [1.807, 2.05) is 7.05 Å². The van der Waals surface area contributed by atoms with Crippen molar-refractivity contribution in [1.29, 1.82) is 0 Å².